The Morgan fingerprint density at radius 1 is 1.15 bits per heavy atom. The van der Waals surface area contributed by atoms with Gasteiger partial charge in [-0.3, -0.25) is 4.79 Å². The Morgan fingerprint density at radius 3 is 2.59 bits per heavy atom. The molecule has 1 heterocycles. The van der Waals surface area contributed by atoms with Crippen LogP contribution in [0.3, 0.4) is 0 Å². The van der Waals surface area contributed by atoms with Crippen LogP contribution in [0.2, 0.25) is 5.02 Å². The maximum absolute atomic E-state index is 12.4. The van der Waals surface area contributed by atoms with E-state index < -0.39 is 0 Å². The third-order valence-corrected chi connectivity index (χ3v) is 4.29. The van der Waals surface area contributed by atoms with E-state index in [9.17, 15) is 4.79 Å². The highest BCUT2D eigenvalue weighted by Crippen LogP contribution is 2.30. The lowest BCUT2D eigenvalue weighted by Gasteiger charge is -2.13. The fraction of sp³-hybridized carbons (Fsp3) is 0.0952. The number of hydrogen-bond acceptors (Lipinski definition) is 4. The first kappa shape index (κ1) is 18.4. The van der Waals surface area contributed by atoms with Gasteiger partial charge >= 0.3 is 0 Å². The SMILES string of the molecule is Cc1cc(C)c(Nc2ccc(C(=O)Nc3ccccc3C#N)nc2)c(Cl)c1. The van der Waals surface area contributed by atoms with Crippen LogP contribution in [0.25, 0.3) is 0 Å². The number of rotatable bonds is 4. The van der Waals surface area contributed by atoms with Crippen LogP contribution in [0.1, 0.15) is 27.2 Å². The van der Waals surface area contributed by atoms with E-state index in [1.165, 1.54) is 0 Å². The van der Waals surface area contributed by atoms with Crippen molar-refractivity contribution in [3.63, 3.8) is 0 Å². The quantitative estimate of drug-likeness (QED) is 0.654. The summed E-state index contributed by atoms with van der Waals surface area (Å²) in [5.41, 5.74) is 4.74. The number of benzene rings is 2. The van der Waals surface area contributed by atoms with Crippen molar-refractivity contribution in [2.24, 2.45) is 0 Å². The Hall–Kier alpha value is -3.36. The van der Waals surface area contributed by atoms with Crippen LogP contribution in [0.4, 0.5) is 17.1 Å². The van der Waals surface area contributed by atoms with Gasteiger partial charge in [0.15, 0.2) is 0 Å². The van der Waals surface area contributed by atoms with Gasteiger partial charge < -0.3 is 10.6 Å². The van der Waals surface area contributed by atoms with E-state index >= 15 is 0 Å². The number of aromatic nitrogens is 1. The van der Waals surface area contributed by atoms with Gasteiger partial charge in [-0.05, 0) is 55.3 Å². The summed E-state index contributed by atoms with van der Waals surface area (Å²) < 4.78 is 0. The number of carbonyl (C=O) groups is 1. The number of para-hydroxylation sites is 1. The second-order valence-corrected chi connectivity index (χ2v) is 6.51. The maximum Gasteiger partial charge on any atom is 0.274 e. The second kappa shape index (κ2) is 7.90. The highest BCUT2D eigenvalue weighted by Gasteiger charge is 2.11. The summed E-state index contributed by atoms with van der Waals surface area (Å²) in [6.07, 6.45) is 1.57. The van der Waals surface area contributed by atoms with Crippen molar-refractivity contribution in [1.82, 2.24) is 4.98 Å². The molecule has 6 heteroatoms. The summed E-state index contributed by atoms with van der Waals surface area (Å²) in [4.78, 5) is 16.6. The molecule has 1 aromatic heterocycles. The molecular weight excluding hydrogens is 360 g/mol. The molecular formula is C21H17ClN4O. The number of nitrogens with zero attached hydrogens (tertiary/aromatic N) is 2. The Labute approximate surface area is 162 Å². The van der Waals surface area contributed by atoms with E-state index in [-0.39, 0.29) is 11.6 Å². The normalized spacial score (nSPS) is 10.1. The molecule has 0 atom stereocenters. The van der Waals surface area contributed by atoms with Crippen molar-refractivity contribution in [2.45, 2.75) is 13.8 Å². The predicted octanol–water partition coefficient (Wildman–Crippen LogP) is 5.22. The zero-order valence-corrected chi connectivity index (χ0v) is 15.6. The number of halogens is 1. The fourth-order valence-electron chi connectivity index (χ4n) is 2.70. The molecule has 27 heavy (non-hydrogen) atoms. The Bertz CT molecular complexity index is 1020. The van der Waals surface area contributed by atoms with Crippen LogP contribution in [-0.4, -0.2) is 10.9 Å². The van der Waals surface area contributed by atoms with Crippen molar-refractivity contribution in [2.75, 3.05) is 10.6 Å². The Balaban J connectivity index is 1.76. The van der Waals surface area contributed by atoms with Gasteiger partial charge in [0.2, 0.25) is 0 Å². The van der Waals surface area contributed by atoms with Gasteiger partial charge in [0, 0.05) is 0 Å². The van der Waals surface area contributed by atoms with E-state index in [2.05, 4.69) is 15.6 Å². The molecule has 5 nitrogen and oxygen atoms in total. The topological polar surface area (TPSA) is 77.8 Å². The van der Waals surface area contributed by atoms with Gasteiger partial charge in [-0.25, -0.2) is 4.98 Å². The van der Waals surface area contributed by atoms with Crippen molar-refractivity contribution in [3.05, 3.63) is 82.1 Å². The average molecular weight is 377 g/mol. The Morgan fingerprint density at radius 2 is 1.93 bits per heavy atom. The van der Waals surface area contributed by atoms with E-state index in [0.29, 0.717) is 16.3 Å². The molecule has 0 aliphatic heterocycles. The van der Waals surface area contributed by atoms with Crippen LogP contribution in [-0.2, 0) is 0 Å². The Kier molecular flexibility index (Phi) is 5.39. The molecule has 134 valence electrons. The summed E-state index contributed by atoms with van der Waals surface area (Å²) in [6, 6.07) is 16.2. The molecule has 2 aromatic carbocycles. The van der Waals surface area contributed by atoms with Crippen molar-refractivity contribution < 1.29 is 4.79 Å². The molecule has 0 saturated carbocycles. The number of carbonyl (C=O) groups excluding carboxylic acids is 1. The van der Waals surface area contributed by atoms with Gasteiger partial charge in [-0.2, -0.15) is 5.26 Å². The van der Waals surface area contributed by atoms with E-state index in [4.69, 9.17) is 16.9 Å². The van der Waals surface area contributed by atoms with Crippen LogP contribution in [0.5, 0.6) is 0 Å². The van der Waals surface area contributed by atoms with Crippen LogP contribution < -0.4 is 10.6 Å². The molecule has 1 amide bonds. The van der Waals surface area contributed by atoms with Gasteiger partial charge in [-0.15, -0.1) is 0 Å². The number of aryl methyl sites for hydroxylation is 2. The van der Waals surface area contributed by atoms with E-state index in [0.717, 1.165) is 22.5 Å². The minimum atomic E-state index is -0.381. The largest absolute Gasteiger partial charge is 0.353 e. The average Bonchev–Trinajstić information content (AvgIpc) is 2.65. The molecule has 2 N–H and O–H groups in total. The number of pyridine rings is 1. The number of hydrogen-bond donors (Lipinski definition) is 2. The third-order valence-electron chi connectivity index (χ3n) is 3.99. The van der Waals surface area contributed by atoms with Crippen LogP contribution in [0, 0.1) is 25.2 Å². The molecule has 0 aliphatic carbocycles. The van der Waals surface area contributed by atoms with Crippen LogP contribution in [0.15, 0.2) is 54.7 Å². The zero-order chi connectivity index (χ0) is 19.4. The molecule has 0 spiro atoms. The molecule has 0 aliphatic rings. The highest BCUT2D eigenvalue weighted by molar-refractivity contribution is 6.33. The first-order chi connectivity index (χ1) is 13.0. The highest BCUT2D eigenvalue weighted by atomic mass is 35.5. The second-order valence-electron chi connectivity index (χ2n) is 6.11. The van der Waals surface area contributed by atoms with Crippen LogP contribution >= 0.6 is 11.6 Å². The molecule has 3 rings (SSSR count). The number of nitriles is 1. The number of anilines is 3. The lowest BCUT2D eigenvalue weighted by atomic mass is 10.1. The molecule has 0 saturated heterocycles. The number of nitrogens with one attached hydrogen (secondary N) is 2. The lowest BCUT2D eigenvalue weighted by molar-refractivity contribution is 0.102. The van der Waals surface area contributed by atoms with E-state index in [1.54, 1.807) is 42.6 Å². The zero-order valence-electron chi connectivity index (χ0n) is 14.9. The lowest BCUT2D eigenvalue weighted by Crippen LogP contribution is -2.14. The first-order valence-electron chi connectivity index (χ1n) is 8.28. The third kappa shape index (κ3) is 4.25. The van der Waals surface area contributed by atoms with Gasteiger partial charge in [0.1, 0.15) is 11.8 Å². The minimum absolute atomic E-state index is 0.250. The number of amides is 1. The molecule has 0 radical (unpaired) electrons. The molecule has 0 fully saturated rings. The summed E-state index contributed by atoms with van der Waals surface area (Å²) in [5.74, 6) is -0.381. The summed E-state index contributed by atoms with van der Waals surface area (Å²) in [7, 11) is 0. The smallest absolute Gasteiger partial charge is 0.274 e. The molecule has 0 unspecified atom stereocenters. The summed E-state index contributed by atoms with van der Waals surface area (Å²) in [5, 5.41) is 15.7. The predicted molar refractivity (Wildman–Crippen MR) is 108 cm³/mol. The van der Waals surface area contributed by atoms with Gasteiger partial charge in [0.25, 0.3) is 5.91 Å². The molecule has 0 bridgehead atoms. The molecule has 3 aromatic rings. The maximum atomic E-state index is 12.4. The van der Waals surface area contributed by atoms with E-state index in [1.807, 2.05) is 32.0 Å². The van der Waals surface area contributed by atoms with Gasteiger partial charge in [0.05, 0.1) is 33.8 Å². The standard InChI is InChI=1S/C21H17ClN4O/c1-13-9-14(2)20(17(22)10-13)25-16-7-8-19(24-12-16)21(27)26-18-6-4-3-5-15(18)11-23/h3-10,12,25H,1-2H3,(H,26,27). The van der Waals surface area contributed by atoms with Crippen molar-refractivity contribution >= 4 is 34.6 Å². The van der Waals surface area contributed by atoms with Gasteiger partial charge in [-0.1, -0.05) is 29.8 Å². The van der Waals surface area contributed by atoms with Crippen molar-refractivity contribution in [3.8, 4) is 6.07 Å². The fourth-order valence-corrected chi connectivity index (χ4v) is 3.06. The monoisotopic (exact) mass is 376 g/mol. The summed E-state index contributed by atoms with van der Waals surface area (Å²) in [6.45, 7) is 3.96. The summed E-state index contributed by atoms with van der Waals surface area (Å²) >= 11 is 6.31. The first-order valence-corrected chi connectivity index (χ1v) is 8.66. The minimum Gasteiger partial charge on any atom is -0.353 e. The van der Waals surface area contributed by atoms with Crippen molar-refractivity contribution in [1.29, 1.82) is 5.26 Å².